The fourth-order valence-corrected chi connectivity index (χ4v) is 5.05. The fraction of sp³-hybridized carbons (Fsp3) is 0. The van der Waals surface area contributed by atoms with Crippen LogP contribution in [0.25, 0.3) is 10.8 Å². The third-order valence-electron chi connectivity index (χ3n) is 4.68. The zero-order valence-corrected chi connectivity index (χ0v) is 14.9. The first kappa shape index (κ1) is 14.5. The van der Waals surface area contributed by atoms with Gasteiger partial charge >= 0.3 is 0 Å². The molecule has 0 aromatic heterocycles. The molecule has 4 aromatic rings. The van der Waals surface area contributed by atoms with E-state index in [9.17, 15) is 0 Å². The van der Waals surface area contributed by atoms with E-state index in [0.29, 0.717) is 0 Å². The maximum absolute atomic E-state index is 2.47. The maximum Gasteiger partial charge on any atom is 0.182 e. The van der Waals surface area contributed by atoms with Crippen LogP contribution < -0.4 is 9.34 Å². The van der Waals surface area contributed by atoms with E-state index < -0.39 is 0 Å². The molecule has 0 spiro atoms. The van der Waals surface area contributed by atoms with Crippen LogP contribution in [0.5, 0.6) is 0 Å². The summed E-state index contributed by atoms with van der Waals surface area (Å²) in [6, 6.07) is 34.6. The Morgan fingerprint density at radius 3 is 1.44 bits per heavy atom. The molecule has 0 N–H and O–H groups in total. The number of hydrogen-bond acceptors (Lipinski definition) is 2. The molecular formula is C22H18N2P+. The zero-order valence-electron chi connectivity index (χ0n) is 13.7. The lowest BCUT2D eigenvalue weighted by atomic mass is 10.1. The van der Waals surface area contributed by atoms with Gasteiger partial charge in [0.2, 0.25) is 0 Å². The quantitative estimate of drug-likeness (QED) is 0.391. The Kier molecular flexibility index (Phi) is 3.43. The third kappa shape index (κ3) is 2.38. The van der Waals surface area contributed by atoms with Crippen LogP contribution in [0.3, 0.4) is 0 Å². The number of benzene rings is 4. The van der Waals surface area contributed by atoms with E-state index in [4.69, 9.17) is 0 Å². The zero-order chi connectivity index (χ0) is 16.6. The highest BCUT2D eigenvalue weighted by Gasteiger charge is 2.31. The van der Waals surface area contributed by atoms with Gasteiger partial charge in [0.05, 0.1) is 22.7 Å². The van der Waals surface area contributed by atoms with E-state index in [2.05, 4.69) is 106 Å². The van der Waals surface area contributed by atoms with Crippen LogP contribution in [0.1, 0.15) is 0 Å². The molecule has 1 heterocycles. The lowest BCUT2D eigenvalue weighted by molar-refractivity contribution is 1.35. The van der Waals surface area contributed by atoms with Crippen molar-refractivity contribution in [3.63, 3.8) is 0 Å². The second-order valence-corrected chi connectivity index (χ2v) is 7.44. The van der Waals surface area contributed by atoms with E-state index in [0.717, 1.165) is 0 Å². The van der Waals surface area contributed by atoms with Crippen molar-refractivity contribution in [2.75, 3.05) is 9.34 Å². The van der Waals surface area contributed by atoms with Gasteiger partial charge in [-0.15, -0.1) is 0 Å². The van der Waals surface area contributed by atoms with Crippen molar-refractivity contribution < 1.29 is 0 Å². The van der Waals surface area contributed by atoms with Crippen LogP contribution >= 0.6 is 8.88 Å². The first-order valence-corrected chi connectivity index (χ1v) is 9.50. The van der Waals surface area contributed by atoms with Gasteiger partial charge in [0.1, 0.15) is 0 Å². The molecule has 0 unspecified atom stereocenters. The van der Waals surface area contributed by atoms with Gasteiger partial charge in [-0.1, -0.05) is 60.7 Å². The van der Waals surface area contributed by atoms with E-state index in [1.165, 1.54) is 33.5 Å². The molecular weight excluding hydrogens is 323 g/mol. The first-order valence-electron chi connectivity index (χ1n) is 8.47. The van der Waals surface area contributed by atoms with Gasteiger partial charge in [0, 0.05) is 5.39 Å². The summed E-state index contributed by atoms with van der Waals surface area (Å²) in [5.41, 5.74) is 5.11. The summed E-state index contributed by atoms with van der Waals surface area (Å²) in [7, 11) is -0.129. The molecule has 0 saturated heterocycles. The van der Waals surface area contributed by atoms with Crippen LogP contribution in [0.15, 0.2) is 97.1 Å². The molecule has 0 amide bonds. The molecule has 120 valence electrons. The van der Waals surface area contributed by atoms with Gasteiger partial charge < -0.3 is 0 Å². The largest absolute Gasteiger partial charge is 0.200 e. The lowest BCUT2D eigenvalue weighted by Crippen LogP contribution is -2.20. The second kappa shape index (κ2) is 5.91. The molecule has 3 heteroatoms. The summed E-state index contributed by atoms with van der Waals surface area (Å²) in [5.74, 6) is 0. The second-order valence-electron chi connectivity index (χ2n) is 6.18. The Labute approximate surface area is 149 Å². The number of nitrogens with zero attached hydrogens (tertiary/aromatic N) is 2. The van der Waals surface area contributed by atoms with Crippen molar-refractivity contribution in [3.05, 3.63) is 97.1 Å². The van der Waals surface area contributed by atoms with Crippen molar-refractivity contribution in [2.24, 2.45) is 0 Å². The van der Waals surface area contributed by atoms with E-state index in [1.807, 2.05) is 0 Å². The van der Waals surface area contributed by atoms with Gasteiger partial charge in [-0.05, 0) is 41.8 Å². The molecule has 0 bridgehead atoms. The van der Waals surface area contributed by atoms with Gasteiger partial charge in [-0.2, -0.15) is 0 Å². The molecule has 25 heavy (non-hydrogen) atoms. The van der Waals surface area contributed by atoms with Crippen molar-refractivity contribution >= 4 is 42.4 Å². The Bertz CT molecular complexity index is 951. The third-order valence-corrected chi connectivity index (χ3v) is 6.29. The Morgan fingerprint density at radius 1 is 0.480 bits per heavy atom. The topological polar surface area (TPSA) is 6.48 Å². The minimum absolute atomic E-state index is 0.129. The number of para-hydroxylation sites is 2. The Morgan fingerprint density at radius 2 is 0.960 bits per heavy atom. The summed E-state index contributed by atoms with van der Waals surface area (Å²) in [6.07, 6.45) is 0. The molecule has 1 aliphatic rings. The highest BCUT2D eigenvalue weighted by Crippen LogP contribution is 2.54. The highest BCUT2D eigenvalue weighted by atomic mass is 31.1. The number of anilines is 4. The first-order chi connectivity index (χ1) is 12.4. The molecule has 1 aliphatic heterocycles. The maximum atomic E-state index is 2.47. The van der Waals surface area contributed by atoms with E-state index in [-0.39, 0.29) is 8.88 Å². The van der Waals surface area contributed by atoms with Crippen LogP contribution in [-0.2, 0) is 0 Å². The van der Waals surface area contributed by atoms with Gasteiger partial charge in [0.15, 0.2) is 8.88 Å². The van der Waals surface area contributed by atoms with Crippen molar-refractivity contribution in [3.8, 4) is 0 Å². The van der Waals surface area contributed by atoms with Gasteiger partial charge in [0.25, 0.3) is 0 Å². The van der Waals surface area contributed by atoms with Gasteiger partial charge in [-0.25, -0.2) is 9.34 Å². The minimum atomic E-state index is -0.129. The summed E-state index contributed by atoms with van der Waals surface area (Å²) in [5, 5.41) is 2.62. The molecule has 0 radical (unpaired) electrons. The van der Waals surface area contributed by atoms with Crippen molar-refractivity contribution in [2.45, 2.75) is 0 Å². The predicted octanol–water partition coefficient (Wildman–Crippen LogP) is 6.37. The summed E-state index contributed by atoms with van der Waals surface area (Å²) < 4.78 is 4.95. The average Bonchev–Trinajstić information content (AvgIpc) is 2.70. The molecule has 2 nitrogen and oxygen atoms in total. The SMILES string of the molecule is c1ccc(N2[PH2+]N(c3ccccc3)c3cccc4cccc2c34)cc1. The summed E-state index contributed by atoms with van der Waals surface area (Å²) in [6.45, 7) is 0. The smallest absolute Gasteiger partial charge is 0.182 e. The molecule has 0 aliphatic carbocycles. The lowest BCUT2D eigenvalue weighted by Gasteiger charge is -2.33. The number of hydrogen-bond donors (Lipinski definition) is 0. The Hall–Kier alpha value is -2.83. The van der Waals surface area contributed by atoms with E-state index in [1.54, 1.807) is 0 Å². The van der Waals surface area contributed by atoms with Crippen LogP contribution in [0, 0.1) is 0 Å². The van der Waals surface area contributed by atoms with Crippen LogP contribution in [0.4, 0.5) is 22.7 Å². The van der Waals surface area contributed by atoms with E-state index >= 15 is 0 Å². The normalized spacial score (nSPS) is 13.3. The fourth-order valence-electron chi connectivity index (χ4n) is 3.53. The molecule has 4 aromatic carbocycles. The van der Waals surface area contributed by atoms with Crippen molar-refractivity contribution in [1.29, 1.82) is 0 Å². The molecule has 0 saturated carbocycles. The summed E-state index contributed by atoms with van der Waals surface area (Å²) >= 11 is 0. The van der Waals surface area contributed by atoms with Gasteiger partial charge in [-0.3, -0.25) is 0 Å². The summed E-state index contributed by atoms with van der Waals surface area (Å²) in [4.78, 5) is 0. The van der Waals surface area contributed by atoms with Crippen LogP contribution in [-0.4, -0.2) is 0 Å². The standard InChI is InChI=1S/C22H17N2P/c1-3-11-18(12-4-1)23-20-15-7-9-17-10-8-16-21(22(17)20)24(25-23)19-13-5-2-6-14-19/h1-16,25H/p+1. The molecule has 5 rings (SSSR count). The van der Waals surface area contributed by atoms with Crippen LogP contribution in [0.2, 0.25) is 0 Å². The molecule has 0 fully saturated rings. The Balaban J connectivity index is 1.79. The van der Waals surface area contributed by atoms with Crippen molar-refractivity contribution in [1.82, 2.24) is 0 Å². The predicted molar refractivity (Wildman–Crippen MR) is 111 cm³/mol. The highest BCUT2D eigenvalue weighted by molar-refractivity contribution is 7.43. The average molecular weight is 341 g/mol. The number of rotatable bonds is 2. The molecule has 0 atom stereocenters. The monoisotopic (exact) mass is 341 g/mol. The minimum Gasteiger partial charge on any atom is -0.200 e.